The predicted octanol–water partition coefficient (Wildman–Crippen LogP) is -5.31. The number of aliphatic imine (C=N–C) groups is 1. The fourth-order valence-corrected chi connectivity index (χ4v) is 10.1. The molecule has 0 bridgehead atoms. The second-order valence-electron chi connectivity index (χ2n) is 18.1. The van der Waals surface area contributed by atoms with Crippen LogP contribution in [0.2, 0.25) is 0 Å². The van der Waals surface area contributed by atoms with Crippen molar-refractivity contribution in [2.75, 3.05) is 31.1 Å². The number of carbonyl (C=O) groups is 12. The van der Waals surface area contributed by atoms with E-state index in [1.54, 1.807) is 30.3 Å². The first kappa shape index (κ1) is 65.1. The highest BCUT2D eigenvalue weighted by atomic mass is 33.1. The van der Waals surface area contributed by atoms with Gasteiger partial charge in [0, 0.05) is 50.8 Å². The molecule has 0 aliphatic carbocycles. The van der Waals surface area contributed by atoms with Gasteiger partial charge >= 0.3 is 0 Å². The fourth-order valence-electron chi connectivity index (χ4n) is 7.80. The lowest BCUT2D eigenvalue weighted by Gasteiger charge is -2.31. The first-order chi connectivity index (χ1) is 37.3. The molecule has 0 radical (unpaired) electrons. The zero-order valence-corrected chi connectivity index (χ0v) is 44.8. The van der Waals surface area contributed by atoms with E-state index in [0.717, 1.165) is 28.5 Å². The molecule has 8 atom stereocenters. The highest BCUT2D eigenvalue weighted by Gasteiger charge is 2.40. The van der Waals surface area contributed by atoms with E-state index in [-0.39, 0.29) is 68.4 Å². The summed E-state index contributed by atoms with van der Waals surface area (Å²) < 4.78 is 0. The lowest BCUT2D eigenvalue weighted by molar-refractivity contribution is -0.142. The number of amides is 11. The van der Waals surface area contributed by atoms with Gasteiger partial charge in [0.2, 0.25) is 65.0 Å². The van der Waals surface area contributed by atoms with Gasteiger partial charge in [-0.05, 0) is 55.4 Å². The Morgan fingerprint density at radius 3 is 1.85 bits per heavy atom. The van der Waals surface area contributed by atoms with Gasteiger partial charge < -0.3 is 86.7 Å². The van der Waals surface area contributed by atoms with Gasteiger partial charge in [-0.1, -0.05) is 64.1 Å². The third kappa shape index (κ3) is 23.9. The summed E-state index contributed by atoms with van der Waals surface area (Å²) in [5.41, 5.74) is 34.4. The average Bonchev–Trinajstić information content (AvgIpc) is 3.92. The van der Waals surface area contributed by atoms with Gasteiger partial charge in [-0.25, -0.2) is 0 Å². The van der Waals surface area contributed by atoms with E-state index < -0.39 is 145 Å². The molecule has 2 aliphatic heterocycles. The third-order valence-electron chi connectivity index (χ3n) is 11.6. The van der Waals surface area contributed by atoms with Crippen LogP contribution in [0.5, 0.6) is 5.75 Å². The number of carboxylic acids is 1. The number of carboxylic acid groups (broad SMARTS) is 1. The van der Waals surface area contributed by atoms with Crippen molar-refractivity contribution in [1.29, 1.82) is 0 Å². The van der Waals surface area contributed by atoms with Crippen LogP contribution in [-0.2, 0) is 70.4 Å². The Morgan fingerprint density at radius 1 is 0.722 bits per heavy atom. The number of benzene rings is 2. The molecule has 11 amide bonds. The number of likely N-dealkylation sites (tertiary alicyclic amines) is 1. The number of nitrogens with two attached hydrogens (primary N) is 6. The zero-order chi connectivity index (χ0) is 58.8. The summed E-state index contributed by atoms with van der Waals surface area (Å²) in [7, 11) is 1.99. The number of hydrogen-bond acceptors (Lipinski definition) is 17. The lowest BCUT2D eigenvalue weighted by atomic mass is 10.0. The van der Waals surface area contributed by atoms with Crippen LogP contribution in [0, 0.1) is 0 Å². The standard InChI is InChI=1S/C46H65N15O12S2.C2H4O2/c47-27-22-74-75-23-33(45(73)61-17-5-9-34(61)44(72)56-28(8-4-16-53-46(51)52)39(67)54-21-37(50)65)60-43(71)32(20-36(49)64)59-40(68)29(14-15-35(48)63)55-41(69)31(18-24-6-2-1-3-7-24)58-42(70)30(57-38(27)66)19-25-10-12-26(62)13-11-25;1-2(3)4/h1-3,6-7,10-13,27-34,62H,4-5,8-9,14-23,47H2,(H2,48,63)(H2,49,64)(H2,50,65)(H,54,67)(H,55,69)(H,56,72)(H,57,66)(H,58,70)(H,59,68)(H,60,71)(H4,51,52,53);1H3,(H,3,4)/t27-,28-,29+,30+,31-,32+,33+,34-;/m0./s1. The van der Waals surface area contributed by atoms with Crippen LogP contribution in [0.25, 0.3) is 0 Å². The molecule has 2 aliphatic rings. The summed E-state index contributed by atoms with van der Waals surface area (Å²) in [5, 5.41) is 35.1. The van der Waals surface area contributed by atoms with Gasteiger partial charge in [-0.15, -0.1) is 0 Å². The van der Waals surface area contributed by atoms with Gasteiger partial charge in [-0.2, -0.15) is 0 Å². The van der Waals surface area contributed by atoms with E-state index in [1.807, 2.05) is 0 Å². The number of aliphatic carboxylic acids is 1. The van der Waals surface area contributed by atoms with Gasteiger partial charge in [0.1, 0.15) is 48.0 Å². The zero-order valence-electron chi connectivity index (χ0n) is 43.2. The fraction of sp³-hybridized carbons (Fsp3) is 0.479. The van der Waals surface area contributed by atoms with E-state index in [0.29, 0.717) is 17.5 Å². The van der Waals surface area contributed by atoms with E-state index >= 15 is 0 Å². The number of nitrogens with one attached hydrogen (secondary N) is 7. The number of aromatic hydroxyl groups is 1. The highest BCUT2D eigenvalue weighted by Crippen LogP contribution is 2.26. The molecule has 0 aromatic heterocycles. The second kappa shape index (κ2) is 33.2. The normalized spacial score (nSPS) is 21.8. The number of phenols is 1. The maximum absolute atomic E-state index is 14.6. The summed E-state index contributed by atoms with van der Waals surface area (Å²) in [4.78, 5) is 162. The van der Waals surface area contributed by atoms with E-state index in [9.17, 15) is 57.8 Å². The largest absolute Gasteiger partial charge is 0.508 e. The van der Waals surface area contributed by atoms with Crippen LogP contribution >= 0.6 is 21.6 Å². The Balaban J connectivity index is 0.00000396. The summed E-state index contributed by atoms with van der Waals surface area (Å²) in [5.74, 6) is -11.4. The molecule has 0 unspecified atom stereocenters. The number of primary amides is 3. The molecule has 2 saturated heterocycles. The van der Waals surface area contributed by atoms with Crippen LogP contribution in [0.3, 0.4) is 0 Å². The van der Waals surface area contributed by atoms with Crippen molar-refractivity contribution >= 4 is 98.5 Å². The van der Waals surface area contributed by atoms with Crippen molar-refractivity contribution < 1.29 is 67.7 Å². The van der Waals surface area contributed by atoms with Crippen molar-refractivity contribution in [3.05, 3.63) is 65.7 Å². The topological polar surface area (TPSA) is 501 Å². The summed E-state index contributed by atoms with van der Waals surface area (Å²) in [6.07, 6.45) is -1.38. The van der Waals surface area contributed by atoms with Crippen LogP contribution in [-0.4, -0.2) is 171 Å². The number of guanidine groups is 1. The molecule has 4 rings (SSSR count). The molecule has 29 nitrogen and oxygen atoms in total. The van der Waals surface area contributed by atoms with E-state index in [1.165, 1.54) is 29.2 Å². The number of carbonyl (C=O) groups excluding carboxylic acids is 11. The van der Waals surface area contributed by atoms with Gasteiger partial charge in [0.05, 0.1) is 19.0 Å². The molecule has 2 aromatic carbocycles. The van der Waals surface area contributed by atoms with Crippen molar-refractivity contribution in [3.8, 4) is 5.75 Å². The summed E-state index contributed by atoms with van der Waals surface area (Å²) >= 11 is 0. The van der Waals surface area contributed by atoms with Crippen LogP contribution in [0.4, 0.5) is 0 Å². The molecule has 2 aromatic rings. The van der Waals surface area contributed by atoms with Crippen molar-refractivity contribution in [1.82, 2.24) is 42.1 Å². The third-order valence-corrected chi connectivity index (χ3v) is 14.1. The molecule has 21 N–H and O–H groups in total. The second-order valence-corrected chi connectivity index (χ2v) is 20.7. The number of hydrogen-bond donors (Lipinski definition) is 15. The maximum atomic E-state index is 14.6. The van der Waals surface area contributed by atoms with Crippen molar-refractivity contribution in [2.45, 2.75) is 113 Å². The molecular formula is C48H69N15O14S2. The van der Waals surface area contributed by atoms with Gasteiger partial charge in [0.15, 0.2) is 5.96 Å². The molecule has 2 heterocycles. The SMILES string of the molecule is CC(=O)O.NC(=O)CC[C@H]1NC(=O)[C@H](Cc2ccccc2)NC(=O)[C@@H](Cc2ccc(O)cc2)NC(=O)[C@@H](N)CSSC[C@H](C(=O)N2CCC[C@H]2C(=O)N[C@@H](CCCN=C(N)N)C(=O)NCC(N)=O)NC(=O)[C@@H](CC(N)=O)NC1=O. The Morgan fingerprint density at radius 2 is 1.27 bits per heavy atom. The molecule has 0 spiro atoms. The first-order valence-corrected chi connectivity index (χ1v) is 27.2. The molecule has 432 valence electrons. The molecule has 31 heteroatoms. The molecule has 79 heavy (non-hydrogen) atoms. The van der Waals surface area contributed by atoms with Crippen molar-refractivity contribution in [3.63, 3.8) is 0 Å². The Labute approximate surface area is 461 Å². The van der Waals surface area contributed by atoms with Gasteiger partial charge in [-0.3, -0.25) is 62.5 Å². The number of rotatable bonds is 19. The smallest absolute Gasteiger partial charge is 0.300 e. The summed E-state index contributed by atoms with van der Waals surface area (Å²) in [6.45, 7) is 0.641. The minimum Gasteiger partial charge on any atom is -0.508 e. The number of nitrogens with zero attached hydrogens (tertiary/aromatic N) is 2. The highest BCUT2D eigenvalue weighted by molar-refractivity contribution is 8.76. The van der Waals surface area contributed by atoms with Gasteiger partial charge in [0.25, 0.3) is 5.97 Å². The van der Waals surface area contributed by atoms with Crippen LogP contribution in [0.1, 0.15) is 63.0 Å². The molecule has 2 fully saturated rings. The van der Waals surface area contributed by atoms with E-state index in [4.69, 9.17) is 44.3 Å². The Kier molecular flexibility index (Phi) is 27.3. The van der Waals surface area contributed by atoms with Crippen molar-refractivity contribution in [2.24, 2.45) is 39.4 Å². The average molecular weight is 1140 g/mol. The number of phenolic OH excluding ortho intramolecular Hbond substituents is 1. The monoisotopic (exact) mass is 1140 g/mol. The minimum absolute atomic E-state index is 0.00106. The molecule has 0 saturated carbocycles. The quantitative estimate of drug-likeness (QED) is 0.0270. The summed E-state index contributed by atoms with van der Waals surface area (Å²) in [6, 6.07) is 2.80. The Hall–Kier alpha value is -8.19. The molecular weight excluding hydrogens is 1070 g/mol. The van der Waals surface area contributed by atoms with Crippen LogP contribution in [0.15, 0.2) is 59.6 Å². The lowest BCUT2D eigenvalue weighted by Crippen LogP contribution is -2.61. The maximum Gasteiger partial charge on any atom is 0.300 e. The van der Waals surface area contributed by atoms with E-state index in [2.05, 4.69) is 42.2 Å². The van der Waals surface area contributed by atoms with Crippen LogP contribution < -0.4 is 71.6 Å². The predicted molar refractivity (Wildman–Crippen MR) is 289 cm³/mol. The first-order valence-electron chi connectivity index (χ1n) is 24.7. The minimum atomic E-state index is -1.80. The Bertz CT molecular complexity index is 2520.